The Hall–Kier alpha value is -2.06. The van der Waals surface area contributed by atoms with Crippen LogP contribution in [-0.4, -0.2) is 43.3 Å². The zero-order chi connectivity index (χ0) is 20.9. The highest BCUT2D eigenvalue weighted by molar-refractivity contribution is 7.51. The van der Waals surface area contributed by atoms with E-state index in [0.717, 1.165) is 0 Å². The van der Waals surface area contributed by atoms with Gasteiger partial charge in [-0.1, -0.05) is 13.5 Å². The van der Waals surface area contributed by atoms with Crippen LogP contribution >= 0.6 is 7.60 Å². The molecule has 28 heavy (non-hydrogen) atoms. The molecule has 0 spiro atoms. The van der Waals surface area contributed by atoms with E-state index in [1.165, 1.54) is 11.5 Å². The summed E-state index contributed by atoms with van der Waals surface area (Å²) in [6, 6.07) is 0. The lowest BCUT2D eigenvalue weighted by molar-refractivity contribution is -0.153. The largest absolute Gasteiger partial charge is 0.494 e. The van der Waals surface area contributed by atoms with Gasteiger partial charge in [0.1, 0.15) is 12.2 Å². The highest BCUT2D eigenvalue weighted by atomic mass is 31.2. The quantitative estimate of drug-likeness (QED) is 0.220. The summed E-state index contributed by atoms with van der Waals surface area (Å²) in [7, 11) is -4.19. The summed E-state index contributed by atoms with van der Waals surface area (Å²) in [5, 5.41) is 21.5. The Morgan fingerprint density at radius 2 is 1.82 bits per heavy atom. The Bertz CT molecular complexity index is 913. The summed E-state index contributed by atoms with van der Waals surface area (Å²) < 4.78 is 23.7. The third-order valence-electron chi connectivity index (χ3n) is 5.16. The van der Waals surface area contributed by atoms with Gasteiger partial charge in [-0.15, -0.1) is 0 Å². The molecule has 4 N–H and O–H groups in total. The molecule has 0 radical (unpaired) electrons. The van der Waals surface area contributed by atoms with Gasteiger partial charge in [0, 0.05) is 12.1 Å². The van der Waals surface area contributed by atoms with Gasteiger partial charge in [-0.25, -0.2) is 4.79 Å². The molecule has 0 aromatic carbocycles. The molecule has 0 aliphatic carbocycles. The Morgan fingerprint density at radius 3 is 2.36 bits per heavy atom. The predicted octanol–water partition coefficient (Wildman–Crippen LogP) is 1.99. The van der Waals surface area contributed by atoms with Crippen molar-refractivity contribution in [2.45, 2.75) is 44.4 Å². The number of fused-ring (bicyclic) bond motifs is 5. The van der Waals surface area contributed by atoms with E-state index in [0.29, 0.717) is 17.5 Å². The SMILES string of the molecule is C=C(C)C(=O)OCC12C=CC(CC)(O1)c1c2c(O)n(CCCP(=O)(O)O)c1O. The molecule has 3 heterocycles. The third kappa shape index (κ3) is 3.18. The lowest BCUT2D eigenvalue weighted by Gasteiger charge is -2.26. The molecular weight excluding hydrogens is 389 g/mol. The van der Waals surface area contributed by atoms with Crippen molar-refractivity contribution < 1.29 is 38.8 Å². The van der Waals surface area contributed by atoms with Crippen LogP contribution in [0.5, 0.6) is 11.8 Å². The topological polar surface area (TPSA) is 138 Å². The molecule has 0 saturated heterocycles. The van der Waals surface area contributed by atoms with Gasteiger partial charge < -0.3 is 29.5 Å². The van der Waals surface area contributed by atoms with Crippen LogP contribution in [0, 0.1) is 0 Å². The molecule has 0 saturated carbocycles. The van der Waals surface area contributed by atoms with Crippen LogP contribution in [0.4, 0.5) is 0 Å². The monoisotopic (exact) mass is 413 g/mol. The molecule has 154 valence electrons. The molecule has 10 heteroatoms. The van der Waals surface area contributed by atoms with Crippen molar-refractivity contribution in [3.05, 3.63) is 35.4 Å². The number of hydrogen-bond donors (Lipinski definition) is 4. The Balaban J connectivity index is 1.96. The van der Waals surface area contributed by atoms with Crippen molar-refractivity contribution in [2.24, 2.45) is 0 Å². The summed E-state index contributed by atoms with van der Waals surface area (Å²) >= 11 is 0. The zero-order valence-corrected chi connectivity index (χ0v) is 16.6. The summed E-state index contributed by atoms with van der Waals surface area (Å²) in [5.41, 5.74) is -1.30. The number of rotatable bonds is 8. The van der Waals surface area contributed by atoms with E-state index >= 15 is 0 Å². The predicted molar refractivity (Wildman–Crippen MR) is 98.9 cm³/mol. The molecule has 0 amide bonds. The standard InChI is InChI=1S/C18H24NO8P/c1-4-17-6-7-18(27-17,10-26-16(22)11(2)3)13-12(17)14(20)19(15(13)21)8-5-9-28(23,24)25/h6-7,20-21H,2,4-5,8-10H2,1,3H3,(H2,23,24,25). The first-order valence-corrected chi connectivity index (χ1v) is 10.7. The van der Waals surface area contributed by atoms with Crippen molar-refractivity contribution in [3.8, 4) is 11.8 Å². The second-order valence-corrected chi connectivity index (χ2v) is 8.99. The molecule has 2 unspecified atom stereocenters. The molecule has 2 bridgehead atoms. The molecule has 9 nitrogen and oxygen atoms in total. The molecule has 1 aromatic rings. The Morgan fingerprint density at radius 1 is 1.25 bits per heavy atom. The normalized spacial score (nSPS) is 25.1. The minimum Gasteiger partial charge on any atom is -0.494 e. The second kappa shape index (κ2) is 6.77. The third-order valence-corrected chi connectivity index (χ3v) is 6.06. The highest BCUT2D eigenvalue weighted by Gasteiger charge is 2.60. The van der Waals surface area contributed by atoms with Gasteiger partial charge in [0.15, 0.2) is 5.60 Å². The van der Waals surface area contributed by atoms with Crippen LogP contribution in [0.15, 0.2) is 24.3 Å². The zero-order valence-electron chi connectivity index (χ0n) is 15.7. The number of carbonyl (C=O) groups excluding carboxylic acids is 1. The van der Waals surface area contributed by atoms with Crippen molar-refractivity contribution >= 4 is 13.6 Å². The smallest absolute Gasteiger partial charge is 0.333 e. The van der Waals surface area contributed by atoms with Gasteiger partial charge in [-0.05, 0) is 31.9 Å². The van der Waals surface area contributed by atoms with Crippen LogP contribution in [0.1, 0.15) is 37.8 Å². The summed E-state index contributed by atoms with van der Waals surface area (Å²) in [6.07, 6.45) is 3.62. The lowest BCUT2D eigenvalue weighted by atomic mass is 9.83. The first-order chi connectivity index (χ1) is 13.0. The van der Waals surface area contributed by atoms with Gasteiger partial charge >= 0.3 is 13.6 Å². The number of hydrogen-bond acceptors (Lipinski definition) is 6. The van der Waals surface area contributed by atoms with E-state index < -0.39 is 24.8 Å². The molecule has 0 fully saturated rings. The minimum absolute atomic E-state index is 0.0111. The van der Waals surface area contributed by atoms with Crippen molar-refractivity contribution in [1.82, 2.24) is 4.57 Å². The maximum atomic E-state index is 11.8. The van der Waals surface area contributed by atoms with Gasteiger partial charge in [0.05, 0.1) is 17.3 Å². The summed E-state index contributed by atoms with van der Waals surface area (Å²) in [4.78, 5) is 29.9. The van der Waals surface area contributed by atoms with E-state index in [-0.39, 0.29) is 43.1 Å². The summed E-state index contributed by atoms with van der Waals surface area (Å²) in [5.74, 6) is -1.10. The molecular formula is C18H24NO8P. The van der Waals surface area contributed by atoms with Gasteiger partial charge in [0.2, 0.25) is 11.8 Å². The van der Waals surface area contributed by atoms with E-state index in [1.54, 1.807) is 12.2 Å². The van der Waals surface area contributed by atoms with Crippen molar-refractivity contribution in [3.63, 3.8) is 0 Å². The Kier molecular flexibility index (Phi) is 5.00. The maximum Gasteiger partial charge on any atom is 0.333 e. The first kappa shape index (κ1) is 20.7. The molecule has 2 atom stereocenters. The molecule has 2 aliphatic rings. The van der Waals surface area contributed by atoms with Gasteiger partial charge in [0.25, 0.3) is 0 Å². The fraction of sp³-hybridized carbons (Fsp3) is 0.500. The number of aromatic hydroxyl groups is 2. The summed E-state index contributed by atoms with van der Waals surface area (Å²) in [6.45, 7) is 6.71. The fourth-order valence-corrected chi connectivity index (χ4v) is 4.34. The lowest BCUT2D eigenvalue weighted by Crippen LogP contribution is -2.30. The number of ether oxygens (including phenoxy) is 2. The van der Waals surface area contributed by atoms with Crippen molar-refractivity contribution in [1.29, 1.82) is 0 Å². The van der Waals surface area contributed by atoms with Crippen molar-refractivity contribution in [2.75, 3.05) is 12.8 Å². The second-order valence-electron chi connectivity index (χ2n) is 7.22. The molecule has 2 aliphatic heterocycles. The van der Waals surface area contributed by atoms with Crippen LogP contribution in [0.2, 0.25) is 0 Å². The van der Waals surface area contributed by atoms with Crippen LogP contribution in [-0.2, 0) is 36.6 Å². The number of carbonyl (C=O) groups is 1. The number of esters is 1. The minimum atomic E-state index is -4.19. The van der Waals surface area contributed by atoms with Gasteiger partial charge in [-0.3, -0.25) is 9.13 Å². The van der Waals surface area contributed by atoms with Gasteiger partial charge in [-0.2, -0.15) is 0 Å². The Labute approximate surface area is 162 Å². The van der Waals surface area contributed by atoms with E-state index in [4.69, 9.17) is 19.3 Å². The van der Waals surface area contributed by atoms with Crippen LogP contribution in [0.3, 0.4) is 0 Å². The van der Waals surface area contributed by atoms with E-state index in [2.05, 4.69) is 6.58 Å². The molecule has 3 rings (SSSR count). The van der Waals surface area contributed by atoms with E-state index in [1.807, 2.05) is 6.92 Å². The fourth-order valence-electron chi connectivity index (χ4n) is 3.79. The average Bonchev–Trinajstić information content (AvgIpc) is 3.21. The maximum absolute atomic E-state index is 11.8. The molecule has 1 aromatic heterocycles. The van der Waals surface area contributed by atoms with Crippen LogP contribution in [0.25, 0.3) is 0 Å². The first-order valence-electron chi connectivity index (χ1n) is 8.89. The number of aromatic nitrogens is 1. The van der Waals surface area contributed by atoms with Crippen LogP contribution < -0.4 is 0 Å². The average molecular weight is 413 g/mol. The van der Waals surface area contributed by atoms with E-state index in [9.17, 15) is 19.6 Å². The number of nitrogens with zero attached hydrogens (tertiary/aromatic N) is 1. The highest BCUT2D eigenvalue weighted by Crippen LogP contribution is 2.62.